The fraction of sp³-hybridized carbons (Fsp3) is 0.269. The van der Waals surface area contributed by atoms with Crippen molar-refractivity contribution < 1.29 is 24.1 Å². The van der Waals surface area contributed by atoms with Crippen LogP contribution in [-0.4, -0.2) is 36.7 Å². The molecule has 1 atom stereocenters. The largest absolute Gasteiger partial charge is 0.504 e. The number of benzene rings is 3. The maximum absolute atomic E-state index is 13.8. The van der Waals surface area contributed by atoms with Gasteiger partial charge in [-0.2, -0.15) is 0 Å². The molecule has 0 radical (unpaired) electrons. The van der Waals surface area contributed by atoms with Gasteiger partial charge in [-0.05, 0) is 30.2 Å². The van der Waals surface area contributed by atoms with Crippen molar-refractivity contribution in [2.45, 2.75) is 25.5 Å². The summed E-state index contributed by atoms with van der Waals surface area (Å²) in [5, 5.41) is 22.5. The summed E-state index contributed by atoms with van der Waals surface area (Å²) in [5.74, 6) is -0.385. The minimum absolute atomic E-state index is 0.151. The van der Waals surface area contributed by atoms with Crippen LogP contribution in [0.1, 0.15) is 30.5 Å². The van der Waals surface area contributed by atoms with Crippen molar-refractivity contribution in [1.29, 1.82) is 0 Å². The van der Waals surface area contributed by atoms with Crippen LogP contribution in [0.15, 0.2) is 71.7 Å². The molecule has 168 valence electrons. The summed E-state index contributed by atoms with van der Waals surface area (Å²) in [4.78, 5) is 4.66. The van der Waals surface area contributed by atoms with Crippen LogP contribution in [0.4, 0.5) is 4.39 Å². The second-order valence-corrected chi connectivity index (χ2v) is 7.81. The highest BCUT2D eigenvalue weighted by Crippen LogP contribution is 2.45. The third-order valence-corrected chi connectivity index (χ3v) is 5.49. The summed E-state index contributed by atoms with van der Waals surface area (Å²) < 4.78 is 25.0. The van der Waals surface area contributed by atoms with Gasteiger partial charge in [0.15, 0.2) is 11.6 Å². The number of nitrogens with zero attached hydrogens (tertiary/aromatic N) is 1. The summed E-state index contributed by atoms with van der Waals surface area (Å²) in [6, 6.07) is 17.9. The van der Waals surface area contributed by atoms with Gasteiger partial charge in [0.25, 0.3) is 0 Å². The maximum Gasteiger partial charge on any atom is 0.165 e. The van der Waals surface area contributed by atoms with Crippen LogP contribution in [0.3, 0.4) is 0 Å². The number of phenols is 1. The molecule has 0 saturated heterocycles. The van der Waals surface area contributed by atoms with Gasteiger partial charge in [-0.3, -0.25) is 4.99 Å². The quantitative estimate of drug-likeness (QED) is 0.491. The summed E-state index contributed by atoms with van der Waals surface area (Å²) in [7, 11) is 3.08. The SMILES string of the molecule is COc1ccccc1C(O)(c1ccccc1OC)[C@H](N=Cc1cccc(F)c1O)C(C)C. The summed E-state index contributed by atoms with van der Waals surface area (Å²) in [5.41, 5.74) is -0.386. The Hall–Kier alpha value is -3.38. The normalized spacial score (nSPS) is 12.8. The lowest BCUT2D eigenvalue weighted by molar-refractivity contribution is 0.0321. The number of hydrogen-bond acceptors (Lipinski definition) is 5. The first kappa shape index (κ1) is 23.3. The summed E-state index contributed by atoms with van der Waals surface area (Å²) >= 11 is 0. The molecule has 0 spiro atoms. The molecule has 3 aromatic carbocycles. The smallest absolute Gasteiger partial charge is 0.165 e. The lowest BCUT2D eigenvalue weighted by Crippen LogP contribution is -2.43. The molecular formula is C26H28FNO4. The number of aliphatic imine (C=N–C) groups is 1. The van der Waals surface area contributed by atoms with Crippen molar-refractivity contribution in [3.8, 4) is 17.2 Å². The van der Waals surface area contributed by atoms with E-state index in [4.69, 9.17) is 9.47 Å². The zero-order valence-electron chi connectivity index (χ0n) is 18.6. The van der Waals surface area contributed by atoms with Gasteiger partial charge in [0.1, 0.15) is 17.1 Å². The van der Waals surface area contributed by atoms with Crippen molar-refractivity contribution in [2.24, 2.45) is 10.9 Å². The zero-order chi connectivity index (χ0) is 23.3. The lowest BCUT2D eigenvalue weighted by Gasteiger charge is -2.38. The molecule has 5 nitrogen and oxygen atoms in total. The third kappa shape index (κ3) is 4.32. The second-order valence-electron chi connectivity index (χ2n) is 7.81. The molecule has 0 saturated carbocycles. The first-order valence-corrected chi connectivity index (χ1v) is 10.3. The van der Waals surface area contributed by atoms with Crippen LogP contribution in [0.2, 0.25) is 0 Å². The number of aromatic hydroxyl groups is 1. The Bertz CT molecular complexity index is 1050. The number of halogens is 1. The Kier molecular flexibility index (Phi) is 7.15. The molecule has 3 rings (SSSR count). The number of aliphatic hydroxyl groups is 1. The van der Waals surface area contributed by atoms with E-state index in [0.717, 1.165) is 0 Å². The van der Waals surface area contributed by atoms with Crippen molar-refractivity contribution in [3.63, 3.8) is 0 Å². The molecule has 0 aliphatic rings. The van der Waals surface area contributed by atoms with E-state index in [1.165, 1.54) is 18.3 Å². The van der Waals surface area contributed by atoms with Gasteiger partial charge in [-0.25, -0.2) is 4.39 Å². The predicted molar refractivity (Wildman–Crippen MR) is 123 cm³/mol. The monoisotopic (exact) mass is 437 g/mol. The Labute approximate surface area is 187 Å². The Morgan fingerprint density at radius 3 is 1.91 bits per heavy atom. The summed E-state index contributed by atoms with van der Waals surface area (Å²) in [6.45, 7) is 3.87. The van der Waals surface area contributed by atoms with E-state index in [1.54, 1.807) is 44.6 Å². The van der Waals surface area contributed by atoms with E-state index in [9.17, 15) is 14.6 Å². The summed E-state index contributed by atoms with van der Waals surface area (Å²) in [6.07, 6.45) is 1.39. The fourth-order valence-electron chi connectivity index (χ4n) is 3.94. The molecule has 0 aromatic heterocycles. The molecule has 0 heterocycles. The molecule has 32 heavy (non-hydrogen) atoms. The van der Waals surface area contributed by atoms with Gasteiger partial charge in [0, 0.05) is 22.9 Å². The van der Waals surface area contributed by atoms with E-state index >= 15 is 0 Å². The van der Waals surface area contributed by atoms with Gasteiger partial charge in [0.05, 0.1) is 20.3 Å². The topological polar surface area (TPSA) is 71.3 Å². The van der Waals surface area contributed by atoms with Crippen LogP contribution in [-0.2, 0) is 5.60 Å². The van der Waals surface area contributed by atoms with Crippen LogP contribution >= 0.6 is 0 Å². The lowest BCUT2D eigenvalue weighted by atomic mass is 9.75. The molecule has 0 aliphatic carbocycles. The van der Waals surface area contributed by atoms with Crippen LogP contribution in [0.25, 0.3) is 0 Å². The van der Waals surface area contributed by atoms with E-state index in [1.807, 2.05) is 38.1 Å². The van der Waals surface area contributed by atoms with Crippen LogP contribution < -0.4 is 9.47 Å². The van der Waals surface area contributed by atoms with Crippen LogP contribution in [0, 0.1) is 11.7 Å². The van der Waals surface area contributed by atoms with E-state index in [0.29, 0.717) is 22.6 Å². The Balaban J connectivity index is 2.26. The first-order chi connectivity index (χ1) is 15.3. The van der Waals surface area contributed by atoms with E-state index in [2.05, 4.69) is 4.99 Å². The molecular weight excluding hydrogens is 409 g/mol. The van der Waals surface area contributed by atoms with Gasteiger partial charge < -0.3 is 19.7 Å². The van der Waals surface area contributed by atoms with Gasteiger partial charge >= 0.3 is 0 Å². The number of ether oxygens (including phenoxy) is 2. The highest BCUT2D eigenvalue weighted by atomic mass is 19.1. The van der Waals surface area contributed by atoms with E-state index < -0.39 is 23.2 Å². The number of hydrogen-bond donors (Lipinski definition) is 2. The standard InChI is InChI=1S/C26H28FNO4/c1-17(2)25(28-16-18-10-9-13-21(27)24(18)29)26(30,19-11-5-7-14-22(19)31-3)20-12-6-8-15-23(20)32-4/h5-17,25,29-30H,1-4H3/t25-/m1/s1. The van der Waals surface area contributed by atoms with Crippen molar-refractivity contribution in [2.75, 3.05) is 14.2 Å². The minimum Gasteiger partial charge on any atom is -0.504 e. The predicted octanol–water partition coefficient (Wildman–Crippen LogP) is 4.93. The van der Waals surface area contributed by atoms with Crippen molar-refractivity contribution in [3.05, 3.63) is 89.2 Å². The molecule has 3 aromatic rings. The molecule has 0 aliphatic heterocycles. The average Bonchev–Trinajstić information content (AvgIpc) is 2.81. The second kappa shape index (κ2) is 9.83. The average molecular weight is 438 g/mol. The highest BCUT2D eigenvalue weighted by Gasteiger charge is 2.45. The Morgan fingerprint density at radius 2 is 1.41 bits per heavy atom. The van der Waals surface area contributed by atoms with Gasteiger partial charge in [0.2, 0.25) is 0 Å². The molecule has 0 unspecified atom stereocenters. The number of phenolic OH excluding ortho intramolecular Hbond substituents is 1. The fourth-order valence-corrected chi connectivity index (χ4v) is 3.94. The minimum atomic E-state index is -1.65. The molecule has 0 fully saturated rings. The highest BCUT2D eigenvalue weighted by molar-refractivity contribution is 5.83. The molecule has 0 amide bonds. The van der Waals surface area contributed by atoms with Gasteiger partial charge in [-0.15, -0.1) is 0 Å². The van der Waals surface area contributed by atoms with Crippen molar-refractivity contribution >= 4 is 6.21 Å². The Morgan fingerprint density at radius 1 is 0.875 bits per heavy atom. The number of para-hydroxylation sites is 3. The molecule has 2 N–H and O–H groups in total. The first-order valence-electron chi connectivity index (χ1n) is 10.3. The molecule has 0 bridgehead atoms. The third-order valence-electron chi connectivity index (χ3n) is 5.49. The number of rotatable bonds is 8. The zero-order valence-corrected chi connectivity index (χ0v) is 18.6. The van der Waals surface area contributed by atoms with Crippen LogP contribution in [0.5, 0.6) is 17.2 Å². The van der Waals surface area contributed by atoms with Crippen molar-refractivity contribution in [1.82, 2.24) is 0 Å². The molecule has 6 heteroatoms. The van der Waals surface area contributed by atoms with Gasteiger partial charge in [-0.1, -0.05) is 56.3 Å². The number of methoxy groups -OCH3 is 2. The van der Waals surface area contributed by atoms with E-state index in [-0.39, 0.29) is 11.5 Å². The maximum atomic E-state index is 13.8.